The van der Waals surface area contributed by atoms with Crippen molar-refractivity contribution in [2.24, 2.45) is 0 Å². The molecule has 2 aromatic heterocycles. The Morgan fingerprint density at radius 2 is 1.67 bits per heavy atom. The topological polar surface area (TPSA) is 69.9 Å². The normalized spacial score (nSPS) is 12.9. The third kappa shape index (κ3) is 3.05. The van der Waals surface area contributed by atoms with Gasteiger partial charge in [-0.25, -0.2) is 15.0 Å². The smallest absolute Gasteiger partial charge is 0.311 e. The third-order valence-electron chi connectivity index (χ3n) is 5.68. The van der Waals surface area contributed by atoms with E-state index in [4.69, 9.17) is 4.74 Å². The Morgan fingerprint density at radius 3 is 2.33 bits per heavy atom. The number of rotatable bonds is 5. The molecular weight excluding hydrogens is 376 g/mol. The molecule has 0 atom stereocenters. The monoisotopic (exact) mass is 398 g/mol. The quantitative estimate of drug-likeness (QED) is 0.469. The molecule has 1 aliphatic rings. The van der Waals surface area contributed by atoms with E-state index in [0.29, 0.717) is 17.8 Å². The molecule has 0 saturated heterocycles. The molecule has 4 aromatic rings. The largest absolute Gasteiger partial charge is 0.464 e. The lowest BCUT2D eigenvalue weighted by Gasteiger charge is -2.14. The van der Waals surface area contributed by atoms with Crippen LogP contribution in [0.4, 0.5) is 0 Å². The van der Waals surface area contributed by atoms with Crippen molar-refractivity contribution < 1.29 is 9.53 Å². The highest BCUT2D eigenvalue weighted by Crippen LogP contribution is 2.44. The van der Waals surface area contributed by atoms with E-state index < -0.39 is 0 Å². The van der Waals surface area contributed by atoms with Crippen LogP contribution in [0.1, 0.15) is 42.6 Å². The molecule has 0 amide bonds. The summed E-state index contributed by atoms with van der Waals surface area (Å²) in [5.41, 5.74) is 6.81. The molecule has 0 fully saturated rings. The van der Waals surface area contributed by atoms with Gasteiger partial charge < -0.3 is 9.30 Å². The lowest BCUT2D eigenvalue weighted by atomic mass is 9.98. The van der Waals surface area contributed by atoms with Gasteiger partial charge >= 0.3 is 5.97 Å². The van der Waals surface area contributed by atoms with Crippen molar-refractivity contribution in [1.29, 1.82) is 0 Å². The van der Waals surface area contributed by atoms with Gasteiger partial charge in [-0.15, -0.1) is 0 Å². The molecule has 0 saturated carbocycles. The highest BCUT2D eigenvalue weighted by Gasteiger charge is 2.29. The van der Waals surface area contributed by atoms with E-state index in [1.165, 1.54) is 28.6 Å². The van der Waals surface area contributed by atoms with Crippen molar-refractivity contribution in [3.8, 4) is 11.1 Å². The molecular formula is C24H22N4O2. The zero-order valence-electron chi connectivity index (χ0n) is 16.9. The number of hydrogen-bond acceptors (Lipinski definition) is 5. The van der Waals surface area contributed by atoms with Crippen molar-refractivity contribution in [1.82, 2.24) is 19.5 Å². The SMILES string of the molecule is CC(C)n1cnc2c(CC(=O)OCC3c4ccccc4-c4ccccc43)ncnc21. The predicted molar refractivity (Wildman–Crippen MR) is 114 cm³/mol. The Balaban J connectivity index is 1.35. The van der Waals surface area contributed by atoms with Gasteiger partial charge in [-0.05, 0) is 36.1 Å². The maximum Gasteiger partial charge on any atom is 0.311 e. The van der Waals surface area contributed by atoms with Crippen molar-refractivity contribution in [2.75, 3.05) is 6.61 Å². The molecule has 2 aromatic carbocycles. The second kappa shape index (κ2) is 7.37. The summed E-state index contributed by atoms with van der Waals surface area (Å²) in [4.78, 5) is 25.7. The lowest BCUT2D eigenvalue weighted by molar-refractivity contribution is -0.143. The van der Waals surface area contributed by atoms with Gasteiger partial charge in [-0.2, -0.15) is 0 Å². The third-order valence-corrected chi connectivity index (χ3v) is 5.68. The minimum atomic E-state index is -0.309. The van der Waals surface area contributed by atoms with Gasteiger partial charge in [0.25, 0.3) is 0 Å². The number of nitrogens with zero attached hydrogens (tertiary/aromatic N) is 4. The lowest BCUT2D eigenvalue weighted by Crippen LogP contribution is -2.15. The second-order valence-corrected chi connectivity index (χ2v) is 7.83. The van der Waals surface area contributed by atoms with Gasteiger partial charge in [0.2, 0.25) is 0 Å². The molecule has 0 unspecified atom stereocenters. The van der Waals surface area contributed by atoms with E-state index in [2.05, 4.69) is 53.1 Å². The van der Waals surface area contributed by atoms with Gasteiger partial charge in [-0.1, -0.05) is 48.5 Å². The Kier molecular flexibility index (Phi) is 4.54. The number of ether oxygens (including phenoxy) is 1. The number of imidazole rings is 1. The van der Waals surface area contributed by atoms with Crippen molar-refractivity contribution in [3.05, 3.63) is 78.0 Å². The van der Waals surface area contributed by atoms with Crippen LogP contribution >= 0.6 is 0 Å². The molecule has 0 bridgehead atoms. The van der Waals surface area contributed by atoms with Gasteiger partial charge in [0.15, 0.2) is 5.65 Å². The van der Waals surface area contributed by atoms with E-state index in [-0.39, 0.29) is 24.3 Å². The summed E-state index contributed by atoms with van der Waals surface area (Å²) in [6, 6.07) is 16.8. The average Bonchev–Trinajstić information content (AvgIpc) is 3.33. The Morgan fingerprint density at radius 1 is 1.00 bits per heavy atom. The molecule has 2 heterocycles. The van der Waals surface area contributed by atoms with E-state index in [9.17, 15) is 4.79 Å². The van der Waals surface area contributed by atoms with Crippen LogP contribution in [0.2, 0.25) is 0 Å². The van der Waals surface area contributed by atoms with Crippen LogP contribution in [0, 0.1) is 0 Å². The first-order chi connectivity index (χ1) is 14.6. The van der Waals surface area contributed by atoms with Crippen LogP contribution in [0.15, 0.2) is 61.2 Å². The van der Waals surface area contributed by atoms with E-state index in [0.717, 1.165) is 5.65 Å². The summed E-state index contributed by atoms with van der Waals surface area (Å²) in [5, 5.41) is 0. The molecule has 5 rings (SSSR count). The summed E-state index contributed by atoms with van der Waals surface area (Å²) in [6.45, 7) is 4.43. The maximum absolute atomic E-state index is 12.7. The number of benzene rings is 2. The number of hydrogen-bond donors (Lipinski definition) is 0. The average molecular weight is 398 g/mol. The van der Waals surface area contributed by atoms with Gasteiger partial charge in [0.05, 0.1) is 18.4 Å². The predicted octanol–water partition coefficient (Wildman–Crippen LogP) is 4.31. The van der Waals surface area contributed by atoms with Crippen LogP contribution in [-0.2, 0) is 16.0 Å². The first-order valence-corrected chi connectivity index (χ1v) is 10.1. The maximum atomic E-state index is 12.7. The number of aromatic nitrogens is 4. The molecule has 0 radical (unpaired) electrons. The molecule has 150 valence electrons. The number of carbonyl (C=O) groups is 1. The first kappa shape index (κ1) is 18.5. The number of carbonyl (C=O) groups excluding carboxylic acids is 1. The molecule has 0 N–H and O–H groups in total. The summed E-state index contributed by atoms with van der Waals surface area (Å²) in [5.74, 6) is -0.261. The minimum absolute atomic E-state index is 0.0481. The van der Waals surface area contributed by atoms with Crippen molar-refractivity contribution in [3.63, 3.8) is 0 Å². The van der Waals surface area contributed by atoms with Crippen LogP contribution in [-0.4, -0.2) is 32.1 Å². The van der Waals surface area contributed by atoms with Crippen LogP contribution in [0.5, 0.6) is 0 Å². The molecule has 0 spiro atoms. The van der Waals surface area contributed by atoms with E-state index in [1.807, 2.05) is 28.8 Å². The highest BCUT2D eigenvalue weighted by molar-refractivity contribution is 5.81. The van der Waals surface area contributed by atoms with Gasteiger partial charge in [0.1, 0.15) is 18.5 Å². The van der Waals surface area contributed by atoms with Crippen molar-refractivity contribution >= 4 is 17.1 Å². The number of esters is 1. The summed E-state index contributed by atoms with van der Waals surface area (Å²) >= 11 is 0. The molecule has 1 aliphatic carbocycles. The Bertz CT molecular complexity index is 1200. The zero-order valence-corrected chi connectivity index (χ0v) is 16.9. The summed E-state index contributed by atoms with van der Waals surface area (Å²) in [6.07, 6.45) is 3.30. The number of fused-ring (bicyclic) bond motifs is 4. The minimum Gasteiger partial charge on any atom is -0.464 e. The van der Waals surface area contributed by atoms with Gasteiger partial charge in [0, 0.05) is 12.0 Å². The molecule has 6 nitrogen and oxygen atoms in total. The first-order valence-electron chi connectivity index (χ1n) is 10.1. The van der Waals surface area contributed by atoms with E-state index in [1.54, 1.807) is 6.33 Å². The zero-order chi connectivity index (χ0) is 20.7. The standard InChI is InChI=1S/C24H22N4O2/c1-15(2)28-14-27-23-21(25-13-26-24(23)28)11-22(29)30-12-20-18-9-5-3-7-16(18)17-8-4-6-10-19(17)20/h3-10,13-15,20H,11-12H2,1-2H3. The summed E-state index contributed by atoms with van der Waals surface area (Å²) < 4.78 is 7.68. The van der Waals surface area contributed by atoms with Crippen molar-refractivity contribution in [2.45, 2.75) is 32.2 Å². The van der Waals surface area contributed by atoms with Crippen LogP contribution < -0.4 is 0 Å². The fourth-order valence-corrected chi connectivity index (χ4v) is 4.21. The van der Waals surface area contributed by atoms with Crippen LogP contribution in [0.25, 0.3) is 22.3 Å². The Hall–Kier alpha value is -3.54. The Labute approximate surface area is 174 Å². The fraction of sp³-hybridized carbons (Fsp3) is 0.250. The molecule has 6 heteroatoms. The fourth-order valence-electron chi connectivity index (χ4n) is 4.21. The highest BCUT2D eigenvalue weighted by atomic mass is 16.5. The molecule has 0 aliphatic heterocycles. The second-order valence-electron chi connectivity index (χ2n) is 7.83. The molecule has 30 heavy (non-hydrogen) atoms. The summed E-state index contributed by atoms with van der Waals surface area (Å²) in [7, 11) is 0. The van der Waals surface area contributed by atoms with Crippen LogP contribution in [0.3, 0.4) is 0 Å². The van der Waals surface area contributed by atoms with Gasteiger partial charge in [-0.3, -0.25) is 4.79 Å². The van der Waals surface area contributed by atoms with E-state index >= 15 is 0 Å².